The number of hydrogen-bond acceptors (Lipinski definition) is 5. The maximum Gasteiger partial charge on any atom is 0.271 e. The molecule has 2 aromatic rings. The Hall–Kier alpha value is -1.92. The van der Waals surface area contributed by atoms with Crippen LogP contribution < -0.4 is 10.3 Å². The Morgan fingerprint density at radius 2 is 2.00 bits per heavy atom. The van der Waals surface area contributed by atoms with Gasteiger partial charge in [-0.3, -0.25) is 4.79 Å². The number of carbonyl (C=O) groups excluding carboxylic acids is 1. The molecule has 1 saturated heterocycles. The van der Waals surface area contributed by atoms with Crippen molar-refractivity contribution in [2.75, 3.05) is 18.0 Å². The smallest absolute Gasteiger partial charge is 0.271 e. The summed E-state index contributed by atoms with van der Waals surface area (Å²) < 4.78 is 0. The van der Waals surface area contributed by atoms with Crippen molar-refractivity contribution < 1.29 is 4.79 Å². The Kier molecular flexibility index (Phi) is 5.48. The van der Waals surface area contributed by atoms with E-state index in [1.165, 1.54) is 30.6 Å². The SMILES string of the molecule is Cc1ccc(C(=O)N/N=C\c2sc(N3CCCCC3)nc2Cl)cc1. The molecule has 0 unspecified atom stereocenters. The molecule has 0 saturated carbocycles. The zero-order valence-electron chi connectivity index (χ0n) is 13.5. The van der Waals surface area contributed by atoms with E-state index in [2.05, 4.69) is 20.4 Å². The number of hydrazone groups is 1. The Balaban J connectivity index is 1.62. The van der Waals surface area contributed by atoms with Crippen LogP contribution in [0.5, 0.6) is 0 Å². The van der Waals surface area contributed by atoms with Gasteiger partial charge in [-0.05, 0) is 38.3 Å². The van der Waals surface area contributed by atoms with Gasteiger partial charge in [0.2, 0.25) is 0 Å². The molecule has 1 aromatic carbocycles. The van der Waals surface area contributed by atoms with Gasteiger partial charge in [-0.1, -0.05) is 40.6 Å². The van der Waals surface area contributed by atoms with Crippen LogP contribution in [0.4, 0.5) is 5.13 Å². The van der Waals surface area contributed by atoms with Crippen LogP contribution in [-0.4, -0.2) is 30.2 Å². The first kappa shape index (κ1) is 16.9. The average molecular weight is 363 g/mol. The van der Waals surface area contributed by atoms with Crippen LogP contribution in [0, 0.1) is 6.92 Å². The van der Waals surface area contributed by atoms with Crippen molar-refractivity contribution in [3.63, 3.8) is 0 Å². The summed E-state index contributed by atoms with van der Waals surface area (Å²) in [6, 6.07) is 7.33. The Morgan fingerprint density at radius 3 is 2.71 bits per heavy atom. The summed E-state index contributed by atoms with van der Waals surface area (Å²) in [6.45, 7) is 4.01. The lowest BCUT2D eigenvalue weighted by molar-refractivity contribution is 0.0955. The van der Waals surface area contributed by atoms with Gasteiger partial charge in [-0.15, -0.1) is 0 Å². The van der Waals surface area contributed by atoms with E-state index in [0.29, 0.717) is 10.7 Å². The second kappa shape index (κ2) is 7.77. The summed E-state index contributed by atoms with van der Waals surface area (Å²) >= 11 is 7.68. The Bertz CT molecular complexity index is 736. The fraction of sp³-hybridized carbons (Fsp3) is 0.353. The average Bonchev–Trinajstić information content (AvgIpc) is 2.97. The molecule has 1 amide bonds. The summed E-state index contributed by atoms with van der Waals surface area (Å²) in [6.07, 6.45) is 5.20. The highest BCUT2D eigenvalue weighted by molar-refractivity contribution is 7.17. The molecule has 5 nitrogen and oxygen atoms in total. The number of amides is 1. The molecular formula is C17H19ClN4OS. The number of nitrogens with zero attached hydrogens (tertiary/aromatic N) is 3. The number of piperidine rings is 1. The number of carbonyl (C=O) groups is 1. The first-order valence-electron chi connectivity index (χ1n) is 7.95. The number of thiazole rings is 1. The van der Waals surface area contributed by atoms with E-state index in [1.807, 2.05) is 19.1 Å². The van der Waals surface area contributed by atoms with E-state index in [9.17, 15) is 4.79 Å². The van der Waals surface area contributed by atoms with Gasteiger partial charge in [0.1, 0.15) is 0 Å². The molecule has 1 fully saturated rings. The van der Waals surface area contributed by atoms with Gasteiger partial charge in [0.05, 0.1) is 11.1 Å². The van der Waals surface area contributed by atoms with E-state index in [1.54, 1.807) is 18.3 Å². The van der Waals surface area contributed by atoms with Crippen molar-refractivity contribution in [1.82, 2.24) is 10.4 Å². The molecule has 24 heavy (non-hydrogen) atoms. The molecule has 3 rings (SSSR count). The number of hydrogen-bond donors (Lipinski definition) is 1. The van der Waals surface area contributed by atoms with Crippen molar-refractivity contribution in [3.05, 3.63) is 45.4 Å². The van der Waals surface area contributed by atoms with Crippen molar-refractivity contribution in [2.24, 2.45) is 5.10 Å². The van der Waals surface area contributed by atoms with Crippen molar-refractivity contribution >= 4 is 40.2 Å². The molecule has 1 aliphatic rings. The van der Waals surface area contributed by atoms with Crippen LogP contribution >= 0.6 is 22.9 Å². The normalized spacial score (nSPS) is 15.0. The third-order valence-corrected chi connectivity index (χ3v) is 5.34. The van der Waals surface area contributed by atoms with Crippen LogP contribution in [0.15, 0.2) is 29.4 Å². The highest BCUT2D eigenvalue weighted by Crippen LogP contribution is 2.30. The van der Waals surface area contributed by atoms with Crippen LogP contribution in [0.2, 0.25) is 5.15 Å². The third kappa shape index (κ3) is 4.13. The number of halogens is 1. The van der Waals surface area contributed by atoms with Gasteiger partial charge in [0.25, 0.3) is 5.91 Å². The number of aryl methyl sites for hydroxylation is 1. The van der Waals surface area contributed by atoms with Gasteiger partial charge in [-0.25, -0.2) is 10.4 Å². The molecule has 1 aromatic heterocycles. The minimum atomic E-state index is -0.247. The number of nitrogens with one attached hydrogen (secondary N) is 1. The second-order valence-corrected chi connectivity index (χ2v) is 7.13. The van der Waals surface area contributed by atoms with Crippen molar-refractivity contribution in [3.8, 4) is 0 Å². The third-order valence-electron chi connectivity index (χ3n) is 3.89. The highest BCUT2D eigenvalue weighted by atomic mass is 35.5. The fourth-order valence-corrected chi connectivity index (χ4v) is 3.70. The largest absolute Gasteiger partial charge is 0.348 e. The minimum absolute atomic E-state index is 0.247. The summed E-state index contributed by atoms with van der Waals surface area (Å²) in [4.78, 5) is 19.4. The summed E-state index contributed by atoms with van der Waals surface area (Å²) in [5, 5.41) is 5.35. The zero-order valence-corrected chi connectivity index (χ0v) is 15.0. The van der Waals surface area contributed by atoms with Crippen LogP contribution in [0.1, 0.15) is 40.1 Å². The van der Waals surface area contributed by atoms with Crippen molar-refractivity contribution in [1.29, 1.82) is 0 Å². The van der Waals surface area contributed by atoms with Crippen LogP contribution in [-0.2, 0) is 0 Å². The van der Waals surface area contributed by atoms with E-state index in [-0.39, 0.29) is 5.91 Å². The maximum atomic E-state index is 12.0. The first-order chi connectivity index (χ1) is 11.6. The fourth-order valence-electron chi connectivity index (χ4n) is 2.52. The molecule has 1 aliphatic heterocycles. The standard InChI is InChI=1S/C17H19ClN4OS/c1-12-5-7-13(8-6-12)16(23)21-19-11-14-15(18)20-17(24-14)22-9-3-2-4-10-22/h5-8,11H,2-4,9-10H2,1H3,(H,21,23)/b19-11-. The number of rotatable bonds is 4. The monoisotopic (exact) mass is 362 g/mol. The molecule has 0 aliphatic carbocycles. The lowest BCUT2D eigenvalue weighted by Gasteiger charge is -2.25. The lowest BCUT2D eigenvalue weighted by Crippen LogP contribution is -2.29. The zero-order chi connectivity index (χ0) is 16.9. The quantitative estimate of drug-likeness (QED) is 0.663. The summed E-state index contributed by atoms with van der Waals surface area (Å²) in [5.41, 5.74) is 4.20. The number of anilines is 1. The molecule has 0 bridgehead atoms. The van der Waals surface area contributed by atoms with Gasteiger partial charge >= 0.3 is 0 Å². The van der Waals surface area contributed by atoms with Gasteiger partial charge in [0.15, 0.2) is 10.3 Å². The molecule has 0 radical (unpaired) electrons. The van der Waals surface area contributed by atoms with E-state index in [0.717, 1.165) is 28.7 Å². The van der Waals surface area contributed by atoms with Gasteiger partial charge in [-0.2, -0.15) is 5.10 Å². The molecule has 2 heterocycles. The molecule has 0 spiro atoms. The van der Waals surface area contributed by atoms with Gasteiger partial charge in [0, 0.05) is 18.7 Å². The predicted molar refractivity (Wildman–Crippen MR) is 99.4 cm³/mol. The van der Waals surface area contributed by atoms with Crippen LogP contribution in [0.3, 0.4) is 0 Å². The molecule has 126 valence electrons. The van der Waals surface area contributed by atoms with E-state index >= 15 is 0 Å². The Labute approximate surface area is 150 Å². The Morgan fingerprint density at radius 1 is 1.29 bits per heavy atom. The maximum absolute atomic E-state index is 12.0. The second-order valence-electron chi connectivity index (χ2n) is 5.76. The summed E-state index contributed by atoms with van der Waals surface area (Å²) in [7, 11) is 0. The minimum Gasteiger partial charge on any atom is -0.348 e. The lowest BCUT2D eigenvalue weighted by atomic mass is 10.1. The highest BCUT2D eigenvalue weighted by Gasteiger charge is 2.16. The molecule has 1 N–H and O–H groups in total. The van der Waals surface area contributed by atoms with E-state index in [4.69, 9.17) is 11.6 Å². The predicted octanol–water partition coefficient (Wildman–Crippen LogP) is 3.86. The first-order valence-corrected chi connectivity index (χ1v) is 9.14. The van der Waals surface area contributed by atoms with Crippen molar-refractivity contribution in [2.45, 2.75) is 26.2 Å². The van der Waals surface area contributed by atoms with Crippen LogP contribution in [0.25, 0.3) is 0 Å². The number of aromatic nitrogens is 1. The molecular weight excluding hydrogens is 344 g/mol. The van der Waals surface area contributed by atoms with Gasteiger partial charge < -0.3 is 4.90 Å². The topological polar surface area (TPSA) is 57.6 Å². The summed E-state index contributed by atoms with van der Waals surface area (Å²) in [5.74, 6) is -0.247. The number of benzene rings is 1. The van der Waals surface area contributed by atoms with E-state index < -0.39 is 0 Å². The molecule has 7 heteroatoms. The molecule has 0 atom stereocenters.